The molecule has 7 nitrogen and oxygen atoms in total. The average molecular weight is 267 g/mol. The van der Waals surface area contributed by atoms with Crippen LogP contribution in [0.15, 0.2) is 17.4 Å². The molecule has 1 N–H and O–H groups in total. The number of thioether (sulfide) groups is 1. The van der Waals surface area contributed by atoms with E-state index in [2.05, 4.69) is 15.3 Å². The quantitative estimate of drug-likeness (QED) is 0.796. The first-order valence-corrected chi connectivity index (χ1v) is 6.27. The van der Waals surface area contributed by atoms with Gasteiger partial charge >= 0.3 is 5.97 Å². The second kappa shape index (κ2) is 5.21. The largest absolute Gasteiger partial charge is 0.481 e. The van der Waals surface area contributed by atoms with Crippen LogP contribution in [0, 0.1) is 6.92 Å². The summed E-state index contributed by atoms with van der Waals surface area (Å²) < 4.78 is 3.65. The standard InChI is InChI=1S/C10H13N5O2S/c1-7-12-13-10(18-6-9(16)17)15(7)5-8-3-4-11-14(8)2/h3-4H,5-6H2,1-2H3,(H,16,17). The van der Waals surface area contributed by atoms with Crippen LogP contribution >= 0.6 is 11.8 Å². The molecule has 0 aliphatic rings. The van der Waals surface area contributed by atoms with Crippen LogP contribution in [-0.4, -0.2) is 41.4 Å². The summed E-state index contributed by atoms with van der Waals surface area (Å²) in [5, 5.41) is 21.3. The van der Waals surface area contributed by atoms with Gasteiger partial charge in [0.15, 0.2) is 5.16 Å². The predicted octanol–water partition coefficient (Wildman–Crippen LogP) is 0.545. The molecule has 2 aromatic rings. The second-order valence-corrected chi connectivity index (χ2v) is 4.69. The number of carbonyl (C=O) groups is 1. The van der Waals surface area contributed by atoms with Crippen molar-refractivity contribution in [3.63, 3.8) is 0 Å². The van der Waals surface area contributed by atoms with Crippen LogP contribution < -0.4 is 0 Å². The van der Waals surface area contributed by atoms with E-state index in [4.69, 9.17) is 5.11 Å². The van der Waals surface area contributed by atoms with Crippen molar-refractivity contribution in [2.45, 2.75) is 18.6 Å². The summed E-state index contributed by atoms with van der Waals surface area (Å²) >= 11 is 1.16. The summed E-state index contributed by atoms with van der Waals surface area (Å²) in [6.07, 6.45) is 1.72. The molecule has 0 atom stereocenters. The summed E-state index contributed by atoms with van der Waals surface area (Å²) in [7, 11) is 1.86. The highest BCUT2D eigenvalue weighted by molar-refractivity contribution is 7.99. The summed E-state index contributed by atoms with van der Waals surface area (Å²) in [6.45, 7) is 2.42. The fourth-order valence-corrected chi connectivity index (χ4v) is 2.20. The second-order valence-electron chi connectivity index (χ2n) is 3.74. The molecule has 0 fully saturated rings. The van der Waals surface area contributed by atoms with Gasteiger partial charge in [0.2, 0.25) is 0 Å². The van der Waals surface area contributed by atoms with Crippen LogP contribution in [0.5, 0.6) is 0 Å². The van der Waals surface area contributed by atoms with Gasteiger partial charge in [0, 0.05) is 13.2 Å². The van der Waals surface area contributed by atoms with Crippen LogP contribution in [0.2, 0.25) is 0 Å². The SMILES string of the molecule is Cc1nnc(SCC(=O)O)n1Cc1ccnn1C. The Bertz CT molecular complexity index is 562. The van der Waals surface area contributed by atoms with Crippen LogP contribution in [0.4, 0.5) is 0 Å². The highest BCUT2D eigenvalue weighted by Gasteiger charge is 2.12. The van der Waals surface area contributed by atoms with Crippen molar-refractivity contribution in [3.05, 3.63) is 23.8 Å². The van der Waals surface area contributed by atoms with E-state index in [9.17, 15) is 4.79 Å². The van der Waals surface area contributed by atoms with E-state index in [0.29, 0.717) is 11.7 Å². The first-order valence-electron chi connectivity index (χ1n) is 5.29. The summed E-state index contributed by atoms with van der Waals surface area (Å²) in [6, 6.07) is 1.91. The number of carboxylic acids is 1. The minimum Gasteiger partial charge on any atom is -0.481 e. The Labute approximate surface area is 108 Å². The van der Waals surface area contributed by atoms with Crippen molar-refractivity contribution in [2.75, 3.05) is 5.75 Å². The van der Waals surface area contributed by atoms with Gasteiger partial charge in [0.1, 0.15) is 5.82 Å². The molecule has 0 aromatic carbocycles. The van der Waals surface area contributed by atoms with Crippen molar-refractivity contribution in [3.8, 4) is 0 Å². The molecule has 0 radical (unpaired) electrons. The normalized spacial score (nSPS) is 10.8. The predicted molar refractivity (Wildman–Crippen MR) is 65.4 cm³/mol. The highest BCUT2D eigenvalue weighted by Crippen LogP contribution is 2.17. The smallest absolute Gasteiger partial charge is 0.313 e. The van der Waals surface area contributed by atoms with Gasteiger partial charge in [0.25, 0.3) is 0 Å². The van der Waals surface area contributed by atoms with Crippen molar-refractivity contribution in [1.29, 1.82) is 0 Å². The molecule has 0 spiro atoms. The first-order chi connectivity index (χ1) is 8.58. The van der Waals surface area contributed by atoms with Gasteiger partial charge in [0.05, 0.1) is 18.0 Å². The van der Waals surface area contributed by atoms with E-state index in [-0.39, 0.29) is 5.75 Å². The molecule has 0 aliphatic heterocycles. The van der Waals surface area contributed by atoms with Crippen LogP contribution in [0.25, 0.3) is 0 Å². The molecule has 2 heterocycles. The van der Waals surface area contributed by atoms with E-state index < -0.39 is 5.97 Å². The van der Waals surface area contributed by atoms with Crippen molar-refractivity contribution < 1.29 is 9.90 Å². The maximum absolute atomic E-state index is 10.6. The van der Waals surface area contributed by atoms with E-state index in [1.54, 1.807) is 10.9 Å². The molecule has 0 unspecified atom stereocenters. The van der Waals surface area contributed by atoms with Crippen LogP contribution in [0.1, 0.15) is 11.5 Å². The average Bonchev–Trinajstić information content (AvgIpc) is 2.86. The third-order valence-electron chi connectivity index (χ3n) is 2.47. The molecule has 2 rings (SSSR count). The van der Waals surface area contributed by atoms with Gasteiger partial charge in [-0.2, -0.15) is 5.10 Å². The third-order valence-corrected chi connectivity index (χ3v) is 3.42. The lowest BCUT2D eigenvalue weighted by Crippen LogP contribution is -2.09. The van der Waals surface area contributed by atoms with Gasteiger partial charge < -0.3 is 9.67 Å². The molecule has 96 valence electrons. The van der Waals surface area contributed by atoms with Crippen molar-refractivity contribution >= 4 is 17.7 Å². The van der Waals surface area contributed by atoms with E-state index in [1.165, 1.54) is 0 Å². The number of aryl methyl sites for hydroxylation is 2. The third kappa shape index (κ3) is 2.70. The molecule has 8 heteroatoms. The van der Waals surface area contributed by atoms with Gasteiger partial charge in [-0.25, -0.2) is 0 Å². The Morgan fingerprint density at radius 1 is 1.50 bits per heavy atom. The summed E-state index contributed by atoms with van der Waals surface area (Å²) in [5.41, 5.74) is 1.01. The van der Waals surface area contributed by atoms with Gasteiger partial charge in [-0.05, 0) is 13.0 Å². The molecule has 0 amide bonds. The maximum Gasteiger partial charge on any atom is 0.313 e. The van der Waals surface area contributed by atoms with Gasteiger partial charge in [-0.1, -0.05) is 11.8 Å². The number of aliphatic carboxylic acids is 1. The fourth-order valence-electron chi connectivity index (χ4n) is 1.50. The fraction of sp³-hybridized carbons (Fsp3) is 0.400. The Kier molecular flexibility index (Phi) is 3.66. The highest BCUT2D eigenvalue weighted by atomic mass is 32.2. The number of carboxylic acid groups (broad SMARTS) is 1. The van der Waals surface area contributed by atoms with Crippen LogP contribution in [0.3, 0.4) is 0 Å². The molecular weight excluding hydrogens is 254 g/mol. The zero-order valence-electron chi connectivity index (χ0n) is 10.1. The summed E-state index contributed by atoms with van der Waals surface area (Å²) in [4.78, 5) is 10.6. The molecule has 2 aromatic heterocycles. The van der Waals surface area contributed by atoms with Gasteiger partial charge in [-0.3, -0.25) is 9.48 Å². The molecule has 0 aliphatic carbocycles. The Morgan fingerprint density at radius 2 is 2.28 bits per heavy atom. The van der Waals surface area contributed by atoms with E-state index in [1.807, 2.05) is 24.6 Å². The number of hydrogen-bond donors (Lipinski definition) is 1. The molecule has 0 saturated carbocycles. The number of hydrogen-bond acceptors (Lipinski definition) is 5. The van der Waals surface area contributed by atoms with Crippen molar-refractivity contribution in [1.82, 2.24) is 24.5 Å². The van der Waals surface area contributed by atoms with Crippen LogP contribution in [-0.2, 0) is 18.4 Å². The molecular formula is C10H13N5O2S. The monoisotopic (exact) mass is 267 g/mol. The van der Waals surface area contributed by atoms with E-state index in [0.717, 1.165) is 23.3 Å². The molecule has 0 bridgehead atoms. The Hall–Kier alpha value is -1.83. The van der Waals surface area contributed by atoms with E-state index >= 15 is 0 Å². The van der Waals surface area contributed by atoms with Gasteiger partial charge in [-0.15, -0.1) is 10.2 Å². The Balaban J connectivity index is 2.19. The number of rotatable bonds is 5. The lowest BCUT2D eigenvalue weighted by atomic mass is 10.4. The number of nitrogens with zero attached hydrogens (tertiary/aromatic N) is 5. The molecule has 0 saturated heterocycles. The van der Waals surface area contributed by atoms with Crippen molar-refractivity contribution in [2.24, 2.45) is 7.05 Å². The lowest BCUT2D eigenvalue weighted by Gasteiger charge is -2.07. The Morgan fingerprint density at radius 3 is 2.89 bits per heavy atom. The topological polar surface area (TPSA) is 85.8 Å². The zero-order chi connectivity index (χ0) is 13.1. The maximum atomic E-state index is 10.6. The zero-order valence-corrected chi connectivity index (χ0v) is 10.9. The summed E-state index contributed by atoms with van der Waals surface area (Å²) in [5.74, 6) is -0.138. The minimum absolute atomic E-state index is 0.0243. The number of aromatic nitrogens is 5. The lowest BCUT2D eigenvalue weighted by molar-refractivity contribution is -0.133. The first kappa shape index (κ1) is 12.6. The molecule has 18 heavy (non-hydrogen) atoms. The minimum atomic E-state index is -0.868.